The third kappa shape index (κ3) is 3.16. The Morgan fingerprint density at radius 3 is 2.84 bits per heavy atom. The summed E-state index contributed by atoms with van der Waals surface area (Å²) in [7, 11) is 0. The summed E-state index contributed by atoms with van der Waals surface area (Å²) in [5.41, 5.74) is 0. The predicted molar refractivity (Wildman–Crippen MR) is 75.9 cm³/mol. The van der Waals surface area contributed by atoms with Crippen LogP contribution in [0.15, 0.2) is 0 Å². The van der Waals surface area contributed by atoms with Crippen molar-refractivity contribution in [2.75, 3.05) is 0 Å². The monoisotopic (exact) mass is 262 g/mol. The Kier molecular flexibility index (Phi) is 3.87. The van der Waals surface area contributed by atoms with Crippen LogP contribution in [0.3, 0.4) is 0 Å². The van der Waals surface area contributed by atoms with Gasteiger partial charge in [-0.1, -0.05) is 19.3 Å². The maximum Gasteiger partial charge on any atom is 0.149 e. The van der Waals surface area contributed by atoms with Crippen LogP contribution in [0.5, 0.6) is 0 Å². The molecule has 106 valence electrons. The molecule has 19 heavy (non-hydrogen) atoms. The molecule has 2 unspecified atom stereocenters. The minimum absolute atomic E-state index is 0.313. The van der Waals surface area contributed by atoms with E-state index in [0.29, 0.717) is 12.1 Å². The third-order valence-corrected chi connectivity index (χ3v) is 4.44. The van der Waals surface area contributed by atoms with E-state index in [1.54, 1.807) is 0 Å². The number of fused-ring (bicyclic) bond motifs is 1. The van der Waals surface area contributed by atoms with Gasteiger partial charge in [0.25, 0.3) is 0 Å². The molecule has 2 aliphatic rings. The Hall–Kier alpha value is -0.900. The van der Waals surface area contributed by atoms with E-state index in [2.05, 4.69) is 33.9 Å². The zero-order valence-corrected chi connectivity index (χ0v) is 12.2. The van der Waals surface area contributed by atoms with E-state index in [1.807, 2.05) is 0 Å². The largest absolute Gasteiger partial charge is 0.314 e. The van der Waals surface area contributed by atoms with Crippen LogP contribution in [0, 0.1) is 5.92 Å². The number of nitrogens with one attached hydrogen (secondary N) is 1. The molecule has 1 saturated carbocycles. The molecule has 0 radical (unpaired) electrons. The third-order valence-electron chi connectivity index (χ3n) is 4.44. The van der Waals surface area contributed by atoms with Gasteiger partial charge in [0.05, 0.1) is 6.04 Å². The standard InChI is InChI=1S/C15H26N4/c1-11(10-13-7-8-13)16-12(2)15-18-17-14-6-4-3-5-9-19(14)15/h11-13,16H,3-10H2,1-2H3. The SMILES string of the molecule is CC(CC1CC1)NC(C)c1nnc2n1CCCCC2. The van der Waals surface area contributed by atoms with E-state index in [-0.39, 0.29) is 0 Å². The lowest BCUT2D eigenvalue weighted by Gasteiger charge is -2.20. The molecule has 4 heteroatoms. The van der Waals surface area contributed by atoms with Gasteiger partial charge in [0.15, 0.2) is 0 Å². The first kappa shape index (κ1) is 13.1. The van der Waals surface area contributed by atoms with Crippen LogP contribution in [0.1, 0.15) is 70.1 Å². The Morgan fingerprint density at radius 2 is 2.05 bits per heavy atom. The fourth-order valence-electron chi connectivity index (χ4n) is 3.25. The molecule has 3 rings (SSSR count). The zero-order valence-electron chi connectivity index (χ0n) is 12.2. The molecule has 2 atom stereocenters. The van der Waals surface area contributed by atoms with Gasteiger partial charge in [-0.2, -0.15) is 0 Å². The van der Waals surface area contributed by atoms with Gasteiger partial charge in [-0.05, 0) is 39.0 Å². The quantitative estimate of drug-likeness (QED) is 0.887. The number of hydrogen-bond donors (Lipinski definition) is 1. The van der Waals surface area contributed by atoms with Crippen LogP contribution in [-0.2, 0) is 13.0 Å². The molecule has 1 aliphatic heterocycles. The molecule has 1 aromatic rings. The van der Waals surface area contributed by atoms with E-state index >= 15 is 0 Å². The molecule has 0 bridgehead atoms. The first-order chi connectivity index (χ1) is 9.24. The van der Waals surface area contributed by atoms with Gasteiger partial charge in [0, 0.05) is 19.0 Å². The second kappa shape index (κ2) is 5.61. The number of rotatable bonds is 5. The number of hydrogen-bond acceptors (Lipinski definition) is 3. The van der Waals surface area contributed by atoms with Crippen molar-refractivity contribution in [1.29, 1.82) is 0 Å². The Labute approximate surface area is 116 Å². The van der Waals surface area contributed by atoms with Crippen molar-refractivity contribution >= 4 is 0 Å². The van der Waals surface area contributed by atoms with Gasteiger partial charge in [0.2, 0.25) is 0 Å². The van der Waals surface area contributed by atoms with Crippen molar-refractivity contribution in [2.24, 2.45) is 5.92 Å². The second-order valence-corrected chi connectivity index (χ2v) is 6.41. The van der Waals surface area contributed by atoms with Crippen molar-refractivity contribution in [3.05, 3.63) is 11.6 Å². The molecule has 4 nitrogen and oxygen atoms in total. The van der Waals surface area contributed by atoms with Crippen molar-refractivity contribution in [2.45, 2.75) is 77.4 Å². The molecule has 0 spiro atoms. The highest BCUT2D eigenvalue weighted by molar-refractivity contribution is 5.02. The van der Waals surface area contributed by atoms with Crippen LogP contribution in [0.2, 0.25) is 0 Å². The fourth-order valence-corrected chi connectivity index (χ4v) is 3.25. The van der Waals surface area contributed by atoms with Gasteiger partial charge in [-0.15, -0.1) is 10.2 Å². The van der Waals surface area contributed by atoms with Crippen LogP contribution in [0.4, 0.5) is 0 Å². The van der Waals surface area contributed by atoms with Crippen molar-refractivity contribution in [3.8, 4) is 0 Å². The van der Waals surface area contributed by atoms with E-state index < -0.39 is 0 Å². The highest BCUT2D eigenvalue weighted by atomic mass is 15.3. The van der Waals surface area contributed by atoms with E-state index in [0.717, 1.165) is 24.7 Å². The van der Waals surface area contributed by atoms with Crippen LogP contribution in [-0.4, -0.2) is 20.8 Å². The summed E-state index contributed by atoms with van der Waals surface area (Å²) in [5.74, 6) is 3.31. The number of nitrogens with zero attached hydrogens (tertiary/aromatic N) is 3. The first-order valence-electron chi connectivity index (χ1n) is 7.92. The smallest absolute Gasteiger partial charge is 0.149 e. The Bertz CT molecular complexity index is 422. The second-order valence-electron chi connectivity index (χ2n) is 6.41. The van der Waals surface area contributed by atoms with Gasteiger partial charge >= 0.3 is 0 Å². The molecule has 1 fully saturated rings. The fraction of sp³-hybridized carbons (Fsp3) is 0.867. The number of aromatic nitrogens is 3. The lowest BCUT2D eigenvalue weighted by molar-refractivity contribution is 0.414. The summed E-state index contributed by atoms with van der Waals surface area (Å²) in [6, 6.07) is 0.898. The minimum Gasteiger partial charge on any atom is -0.314 e. The molecule has 2 heterocycles. The highest BCUT2D eigenvalue weighted by Gasteiger charge is 2.25. The summed E-state index contributed by atoms with van der Waals surface area (Å²) in [6.07, 6.45) is 9.12. The summed E-state index contributed by atoms with van der Waals surface area (Å²) in [4.78, 5) is 0. The average Bonchev–Trinajstić information content (AvgIpc) is 3.13. The van der Waals surface area contributed by atoms with Crippen LogP contribution >= 0.6 is 0 Å². The van der Waals surface area contributed by atoms with E-state index in [9.17, 15) is 0 Å². The molecule has 1 aliphatic carbocycles. The van der Waals surface area contributed by atoms with Crippen molar-refractivity contribution in [1.82, 2.24) is 20.1 Å². The minimum atomic E-state index is 0.313. The number of aryl methyl sites for hydroxylation is 1. The van der Waals surface area contributed by atoms with E-state index in [4.69, 9.17) is 0 Å². The maximum atomic E-state index is 4.44. The van der Waals surface area contributed by atoms with Crippen LogP contribution < -0.4 is 5.32 Å². The summed E-state index contributed by atoms with van der Waals surface area (Å²) in [6.45, 7) is 5.63. The summed E-state index contributed by atoms with van der Waals surface area (Å²) in [5, 5.41) is 12.5. The molecule has 1 N–H and O–H groups in total. The van der Waals surface area contributed by atoms with Gasteiger partial charge in [0.1, 0.15) is 11.6 Å². The van der Waals surface area contributed by atoms with Gasteiger partial charge in [-0.3, -0.25) is 0 Å². The predicted octanol–water partition coefficient (Wildman–Crippen LogP) is 2.84. The van der Waals surface area contributed by atoms with Gasteiger partial charge < -0.3 is 9.88 Å². The highest BCUT2D eigenvalue weighted by Crippen LogP contribution is 2.33. The summed E-state index contributed by atoms with van der Waals surface area (Å²) < 4.78 is 2.36. The molecular formula is C15H26N4. The maximum absolute atomic E-state index is 4.44. The Morgan fingerprint density at radius 1 is 1.21 bits per heavy atom. The lowest BCUT2D eigenvalue weighted by atomic mass is 10.1. The molecular weight excluding hydrogens is 236 g/mol. The normalized spacial score (nSPS) is 22.6. The first-order valence-corrected chi connectivity index (χ1v) is 7.92. The summed E-state index contributed by atoms with van der Waals surface area (Å²) >= 11 is 0. The van der Waals surface area contributed by atoms with Gasteiger partial charge in [-0.25, -0.2) is 0 Å². The lowest BCUT2D eigenvalue weighted by Crippen LogP contribution is -2.31. The molecule has 0 saturated heterocycles. The van der Waals surface area contributed by atoms with Crippen molar-refractivity contribution in [3.63, 3.8) is 0 Å². The topological polar surface area (TPSA) is 42.7 Å². The van der Waals surface area contributed by atoms with Crippen LogP contribution in [0.25, 0.3) is 0 Å². The molecule has 0 amide bonds. The molecule has 0 aromatic carbocycles. The molecule has 1 aromatic heterocycles. The van der Waals surface area contributed by atoms with E-state index in [1.165, 1.54) is 44.3 Å². The zero-order chi connectivity index (χ0) is 13.2. The Balaban J connectivity index is 1.65. The van der Waals surface area contributed by atoms with Crippen molar-refractivity contribution < 1.29 is 0 Å². The average molecular weight is 262 g/mol.